The van der Waals surface area contributed by atoms with E-state index in [1.54, 1.807) is 4.31 Å². The van der Waals surface area contributed by atoms with Gasteiger partial charge in [-0.25, -0.2) is 12.7 Å². The van der Waals surface area contributed by atoms with E-state index in [0.29, 0.717) is 30.2 Å². The highest BCUT2D eigenvalue weighted by Crippen LogP contribution is 2.36. The summed E-state index contributed by atoms with van der Waals surface area (Å²) >= 11 is 5.90. The molecule has 1 aromatic carbocycles. The summed E-state index contributed by atoms with van der Waals surface area (Å²) in [6.07, 6.45) is 5.91. The van der Waals surface area contributed by atoms with Gasteiger partial charge in [-0.1, -0.05) is 29.8 Å². The van der Waals surface area contributed by atoms with Crippen molar-refractivity contribution in [3.8, 4) is 0 Å². The number of piperidine rings is 1. The first-order chi connectivity index (χ1) is 12.8. The largest absolute Gasteiger partial charge is 0.311 e. The molecule has 1 saturated heterocycles. The van der Waals surface area contributed by atoms with E-state index in [-0.39, 0.29) is 17.4 Å². The second-order valence-electron chi connectivity index (χ2n) is 7.39. The molecule has 142 valence electrons. The maximum Gasteiger partial charge on any atom is 0.258 e. The van der Waals surface area contributed by atoms with Crippen LogP contribution in [-0.2, 0) is 16.6 Å². The number of hydrogen-bond acceptors (Lipinski definition) is 3. The molecule has 5 nitrogen and oxygen atoms in total. The van der Waals surface area contributed by atoms with Gasteiger partial charge in [0, 0.05) is 41.8 Å². The summed E-state index contributed by atoms with van der Waals surface area (Å²) in [5.41, 5.74) is 2.53. The number of hydrogen-bond donors (Lipinski definition) is 0. The van der Waals surface area contributed by atoms with Crippen LogP contribution in [0.2, 0.25) is 5.02 Å². The smallest absolute Gasteiger partial charge is 0.258 e. The Balaban J connectivity index is 1.64. The third-order valence-electron chi connectivity index (χ3n) is 5.39. The average Bonchev–Trinajstić information content (AvgIpc) is 2.62. The molecule has 1 aromatic heterocycles. The number of halogens is 1. The van der Waals surface area contributed by atoms with Crippen LogP contribution in [-0.4, -0.2) is 36.6 Å². The van der Waals surface area contributed by atoms with Crippen LogP contribution in [0.5, 0.6) is 0 Å². The summed E-state index contributed by atoms with van der Waals surface area (Å²) in [4.78, 5) is 13.0. The molecule has 27 heavy (non-hydrogen) atoms. The maximum absolute atomic E-state index is 13.0. The Morgan fingerprint density at radius 1 is 1.04 bits per heavy atom. The molecule has 0 saturated carbocycles. The Labute approximate surface area is 163 Å². The Morgan fingerprint density at radius 3 is 2.48 bits per heavy atom. The number of aromatic nitrogens is 1. The monoisotopic (exact) mass is 404 g/mol. The molecule has 0 amide bonds. The molecule has 0 aliphatic carbocycles. The van der Waals surface area contributed by atoms with Crippen molar-refractivity contribution in [2.75, 3.05) is 19.3 Å². The summed E-state index contributed by atoms with van der Waals surface area (Å²) in [6.45, 7) is 1.51. The van der Waals surface area contributed by atoms with Crippen molar-refractivity contribution in [2.45, 2.75) is 18.9 Å². The summed E-state index contributed by atoms with van der Waals surface area (Å²) in [5, 5.41) is 0.677. The SMILES string of the molecule is CS(=O)(=O)N1C[C@H]2C[C@H](C1)c1ccc(C=Cc3ccc(Cl)cc3)c(=O)n1C2. The van der Waals surface area contributed by atoms with E-state index in [9.17, 15) is 13.2 Å². The van der Waals surface area contributed by atoms with Gasteiger partial charge in [-0.05, 0) is 48.2 Å². The lowest BCUT2D eigenvalue weighted by Crippen LogP contribution is -2.49. The number of rotatable bonds is 3. The molecule has 2 bridgehead atoms. The van der Waals surface area contributed by atoms with Crippen LogP contribution in [0.3, 0.4) is 0 Å². The predicted molar refractivity (Wildman–Crippen MR) is 108 cm³/mol. The quantitative estimate of drug-likeness (QED) is 0.789. The minimum absolute atomic E-state index is 0.0137. The first-order valence-corrected chi connectivity index (χ1v) is 11.2. The fraction of sp³-hybridized carbons (Fsp3) is 0.350. The highest BCUT2D eigenvalue weighted by Gasteiger charge is 2.37. The first-order valence-electron chi connectivity index (χ1n) is 8.94. The molecule has 0 unspecified atom stereocenters. The molecule has 2 aliphatic heterocycles. The van der Waals surface area contributed by atoms with Crippen LogP contribution in [0, 0.1) is 5.92 Å². The lowest BCUT2D eigenvalue weighted by molar-refractivity contribution is 0.187. The van der Waals surface area contributed by atoms with Crippen molar-refractivity contribution in [1.29, 1.82) is 0 Å². The molecular weight excluding hydrogens is 384 g/mol. The normalized spacial score (nSPS) is 22.7. The third-order valence-corrected chi connectivity index (χ3v) is 6.88. The van der Waals surface area contributed by atoms with Crippen molar-refractivity contribution in [3.63, 3.8) is 0 Å². The fourth-order valence-corrected chi connectivity index (χ4v) is 5.13. The second-order valence-corrected chi connectivity index (χ2v) is 9.81. The highest BCUT2D eigenvalue weighted by atomic mass is 35.5. The maximum atomic E-state index is 13.0. The third kappa shape index (κ3) is 3.74. The van der Waals surface area contributed by atoms with Crippen LogP contribution >= 0.6 is 11.6 Å². The van der Waals surface area contributed by atoms with Crippen LogP contribution in [0.1, 0.15) is 29.2 Å². The van der Waals surface area contributed by atoms with E-state index in [4.69, 9.17) is 11.6 Å². The molecule has 4 rings (SSSR count). The lowest BCUT2D eigenvalue weighted by Gasteiger charge is -2.41. The van der Waals surface area contributed by atoms with Gasteiger partial charge >= 0.3 is 0 Å². The number of pyridine rings is 1. The van der Waals surface area contributed by atoms with E-state index in [1.165, 1.54) is 6.26 Å². The van der Waals surface area contributed by atoms with Gasteiger partial charge in [0.1, 0.15) is 0 Å². The van der Waals surface area contributed by atoms with Gasteiger partial charge in [-0.15, -0.1) is 0 Å². The van der Waals surface area contributed by atoms with Crippen LogP contribution < -0.4 is 5.56 Å². The van der Waals surface area contributed by atoms with Gasteiger partial charge < -0.3 is 4.57 Å². The average molecular weight is 405 g/mol. The van der Waals surface area contributed by atoms with Gasteiger partial charge in [0.15, 0.2) is 0 Å². The standard InChI is InChI=1S/C20H21ClN2O3S/c1-27(25,26)22-11-15-10-17(13-22)19-9-6-16(20(24)23(19)12-15)5-2-14-3-7-18(21)8-4-14/h2-9,15,17H,10-13H2,1H3/t15-,17-/m1/s1. The van der Waals surface area contributed by atoms with Crippen molar-refractivity contribution in [1.82, 2.24) is 8.87 Å². The highest BCUT2D eigenvalue weighted by molar-refractivity contribution is 7.88. The van der Waals surface area contributed by atoms with Crippen molar-refractivity contribution >= 4 is 33.8 Å². The zero-order chi connectivity index (χ0) is 19.2. The minimum Gasteiger partial charge on any atom is -0.311 e. The molecule has 7 heteroatoms. The van der Waals surface area contributed by atoms with Gasteiger partial charge in [-0.3, -0.25) is 4.79 Å². The zero-order valence-corrected chi connectivity index (χ0v) is 16.6. The molecule has 2 aromatic rings. The second kappa shape index (κ2) is 6.93. The van der Waals surface area contributed by atoms with Gasteiger partial charge in [0.25, 0.3) is 5.56 Å². The van der Waals surface area contributed by atoms with Crippen LogP contribution in [0.15, 0.2) is 41.2 Å². The molecule has 2 atom stereocenters. The van der Waals surface area contributed by atoms with E-state index < -0.39 is 10.0 Å². The van der Waals surface area contributed by atoms with E-state index in [2.05, 4.69) is 0 Å². The summed E-state index contributed by atoms with van der Waals surface area (Å²) < 4.78 is 27.2. The van der Waals surface area contributed by atoms with Gasteiger partial charge in [-0.2, -0.15) is 0 Å². The minimum atomic E-state index is -3.21. The number of sulfonamides is 1. The Hall–Kier alpha value is -1.89. The van der Waals surface area contributed by atoms with E-state index >= 15 is 0 Å². The molecule has 2 aliphatic rings. The molecule has 0 spiro atoms. The Kier molecular flexibility index (Phi) is 4.74. The predicted octanol–water partition coefficient (Wildman–Crippen LogP) is 3.05. The number of fused-ring (bicyclic) bond motifs is 4. The van der Waals surface area contributed by atoms with Crippen LogP contribution in [0.4, 0.5) is 0 Å². The van der Waals surface area contributed by atoms with Crippen LogP contribution in [0.25, 0.3) is 12.2 Å². The van der Waals surface area contributed by atoms with Crippen molar-refractivity contribution < 1.29 is 8.42 Å². The van der Waals surface area contributed by atoms with Gasteiger partial charge in [0.2, 0.25) is 10.0 Å². The summed E-state index contributed by atoms with van der Waals surface area (Å²) in [6, 6.07) is 11.2. The molecule has 1 fully saturated rings. The lowest BCUT2D eigenvalue weighted by atomic mass is 9.84. The van der Waals surface area contributed by atoms with E-state index in [1.807, 2.05) is 53.1 Å². The summed E-state index contributed by atoms with van der Waals surface area (Å²) in [5.74, 6) is 0.258. The number of nitrogens with zero attached hydrogens (tertiary/aromatic N) is 2. The van der Waals surface area contributed by atoms with Gasteiger partial charge in [0.05, 0.1) is 6.26 Å². The topological polar surface area (TPSA) is 59.4 Å². The van der Waals surface area contributed by atoms with Crippen molar-refractivity contribution in [2.24, 2.45) is 5.92 Å². The molecule has 0 N–H and O–H groups in total. The number of benzene rings is 1. The zero-order valence-electron chi connectivity index (χ0n) is 15.0. The molecule has 3 heterocycles. The molecular formula is C20H21ClN2O3S. The Morgan fingerprint density at radius 2 is 1.78 bits per heavy atom. The molecule has 0 radical (unpaired) electrons. The first kappa shape index (κ1) is 18.5. The fourth-order valence-electron chi connectivity index (χ4n) is 4.08. The summed E-state index contributed by atoms with van der Waals surface area (Å²) in [7, 11) is -3.21. The van der Waals surface area contributed by atoms with Crippen molar-refractivity contribution in [3.05, 3.63) is 68.6 Å². The Bertz CT molecular complexity index is 1060. The van der Waals surface area contributed by atoms with E-state index in [0.717, 1.165) is 17.7 Å².